The highest BCUT2D eigenvalue weighted by molar-refractivity contribution is 7.92. The molecule has 6 heteroatoms. The van der Waals surface area contributed by atoms with Gasteiger partial charge in [0.15, 0.2) is 0 Å². The molecule has 1 rings (SSSR count). The fourth-order valence-corrected chi connectivity index (χ4v) is 2.13. The van der Waals surface area contributed by atoms with Crippen LogP contribution < -0.4 is 15.2 Å². The largest absolute Gasteiger partial charge is 0.494 e. The highest BCUT2D eigenvalue weighted by Gasteiger charge is 2.08. The molecule has 0 atom stereocenters. The molecule has 1 aromatic rings. The molecule has 0 aliphatic heterocycles. The number of hydrogen-bond donors (Lipinski definition) is 2. The van der Waals surface area contributed by atoms with Gasteiger partial charge in [0.05, 0.1) is 12.4 Å². The van der Waals surface area contributed by atoms with E-state index in [0.717, 1.165) is 12.2 Å². The van der Waals surface area contributed by atoms with Crippen LogP contribution in [0.4, 0.5) is 5.69 Å². The summed E-state index contributed by atoms with van der Waals surface area (Å²) in [6.45, 7) is 2.78. The van der Waals surface area contributed by atoms with Gasteiger partial charge in [0.25, 0.3) is 0 Å². The molecule has 0 radical (unpaired) electrons. The van der Waals surface area contributed by atoms with Gasteiger partial charge in [0.1, 0.15) is 5.75 Å². The Morgan fingerprint density at radius 2 is 1.94 bits per heavy atom. The normalized spacial score (nSPS) is 11.2. The number of hydrogen-bond acceptors (Lipinski definition) is 4. The summed E-state index contributed by atoms with van der Waals surface area (Å²) in [7, 11) is -3.33. The van der Waals surface area contributed by atoms with Crippen molar-refractivity contribution in [3.05, 3.63) is 24.3 Å². The Labute approximate surface area is 102 Å². The van der Waals surface area contributed by atoms with Crippen LogP contribution in [0, 0.1) is 0 Å². The molecule has 0 aliphatic rings. The maximum absolute atomic E-state index is 11.4. The van der Waals surface area contributed by atoms with Gasteiger partial charge in [0.2, 0.25) is 10.0 Å². The van der Waals surface area contributed by atoms with E-state index in [-0.39, 0.29) is 12.3 Å². The summed E-state index contributed by atoms with van der Waals surface area (Å²) >= 11 is 0. The Kier molecular flexibility index (Phi) is 5.24. The van der Waals surface area contributed by atoms with Gasteiger partial charge in [-0.1, -0.05) is 6.92 Å². The summed E-state index contributed by atoms with van der Waals surface area (Å²) in [5, 5.41) is 0. The number of nitrogens with one attached hydrogen (secondary N) is 1. The van der Waals surface area contributed by atoms with Gasteiger partial charge in [0, 0.05) is 12.2 Å². The van der Waals surface area contributed by atoms with Gasteiger partial charge >= 0.3 is 0 Å². The zero-order chi connectivity index (χ0) is 12.7. The molecule has 0 bridgehead atoms. The average molecular weight is 258 g/mol. The van der Waals surface area contributed by atoms with Crippen LogP contribution in [-0.2, 0) is 10.0 Å². The Morgan fingerprint density at radius 3 is 2.47 bits per heavy atom. The number of anilines is 1. The summed E-state index contributed by atoms with van der Waals surface area (Å²) in [6.07, 6.45) is 0.935. The Morgan fingerprint density at radius 1 is 1.29 bits per heavy atom. The highest BCUT2D eigenvalue weighted by atomic mass is 32.2. The van der Waals surface area contributed by atoms with E-state index in [1.165, 1.54) is 0 Å². The van der Waals surface area contributed by atoms with Crippen LogP contribution >= 0.6 is 0 Å². The van der Waals surface area contributed by atoms with Crippen LogP contribution in [0.15, 0.2) is 24.3 Å². The standard InChI is InChI=1S/C11H18N2O3S/c1-2-8-16-11-5-3-10(4-6-11)13-17(14,15)9-7-12/h3-6,13H,2,7-9,12H2,1H3. The van der Waals surface area contributed by atoms with Crippen LogP contribution in [0.2, 0.25) is 0 Å². The molecule has 0 unspecified atom stereocenters. The maximum Gasteiger partial charge on any atom is 0.233 e. The van der Waals surface area contributed by atoms with Crippen molar-refractivity contribution >= 4 is 15.7 Å². The van der Waals surface area contributed by atoms with Crippen molar-refractivity contribution < 1.29 is 13.2 Å². The van der Waals surface area contributed by atoms with Gasteiger partial charge in [-0.3, -0.25) is 4.72 Å². The minimum atomic E-state index is -3.33. The summed E-state index contributed by atoms with van der Waals surface area (Å²) in [5.41, 5.74) is 5.72. The molecule has 1 aromatic carbocycles. The summed E-state index contributed by atoms with van der Waals surface area (Å²) in [4.78, 5) is 0. The Bertz CT molecular complexity index is 429. The Hall–Kier alpha value is -1.27. The zero-order valence-electron chi connectivity index (χ0n) is 9.85. The van der Waals surface area contributed by atoms with Gasteiger partial charge in [-0.15, -0.1) is 0 Å². The molecule has 0 spiro atoms. The summed E-state index contributed by atoms with van der Waals surface area (Å²) in [5.74, 6) is 0.648. The number of benzene rings is 1. The molecule has 0 saturated carbocycles. The predicted octanol–water partition coefficient (Wildman–Crippen LogP) is 1.18. The second kappa shape index (κ2) is 6.46. The first-order valence-electron chi connectivity index (χ1n) is 5.51. The molecule has 3 N–H and O–H groups in total. The van der Waals surface area contributed by atoms with Crippen LogP contribution in [0.5, 0.6) is 5.75 Å². The van der Waals surface area contributed by atoms with E-state index in [9.17, 15) is 8.42 Å². The second-order valence-corrected chi connectivity index (χ2v) is 5.42. The number of nitrogens with two attached hydrogens (primary N) is 1. The van der Waals surface area contributed by atoms with Crippen molar-refractivity contribution in [2.45, 2.75) is 13.3 Å². The van der Waals surface area contributed by atoms with E-state index in [2.05, 4.69) is 4.72 Å². The van der Waals surface area contributed by atoms with Gasteiger partial charge < -0.3 is 10.5 Å². The third-order valence-corrected chi connectivity index (χ3v) is 3.31. The fourth-order valence-electron chi connectivity index (χ4n) is 1.22. The van der Waals surface area contributed by atoms with E-state index in [1.54, 1.807) is 24.3 Å². The molecule has 0 fully saturated rings. The monoisotopic (exact) mass is 258 g/mol. The number of sulfonamides is 1. The van der Waals surface area contributed by atoms with Crippen LogP contribution in [0.3, 0.4) is 0 Å². The predicted molar refractivity (Wildman–Crippen MR) is 68.7 cm³/mol. The quantitative estimate of drug-likeness (QED) is 0.769. The van der Waals surface area contributed by atoms with Gasteiger partial charge in [-0.05, 0) is 30.7 Å². The third-order valence-electron chi connectivity index (χ3n) is 1.99. The molecular formula is C11H18N2O3S. The molecule has 5 nitrogen and oxygen atoms in total. The van der Waals surface area contributed by atoms with Crippen molar-refractivity contribution in [3.63, 3.8) is 0 Å². The van der Waals surface area contributed by atoms with Crippen molar-refractivity contribution in [1.82, 2.24) is 0 Å². The molecule has 17 heavy (non-hydrogen) atoms. The lowest BCUT2D eigenvalue weighted by atomic mass is 10.3. The molecule has 0 aromatic heterocycles. The average Bonchev–Trinajstić information content (AvgIpc) is 2.27. The van der Waals surface area contributed by atoms with E-state index in [4.69, 9.17) is 10.5 Å². The topological polar surface area (TPSA) is 81.4 Å². The minimum Gasteiger partial charge on any atom is -0.494 e. The highest BCUT2D eigenvalue weighted by Crippen LogP contribution is 2.16. The first-order chi connectivity index (χ1) is 8.07. The molecule has 0 aliphatic carbocycles. The smallest absolute Gasteiger partial charge is 0.233 e. The van der Waals surface area contributed by atoms with E-state index < -0.39 is 10.0 Å². The molecule has 0 heterocycles. The lowest BCUT2D eigenvalue weighted by Gasteiger charge is -2.08. The third kappa shape index (κ3) is 5.06. The number of rotatable bonds is 7. The van der Waals surface area contributed by atoms with Crippen molar-refractivity contribution in [2.24, 2.45) is 5.73 Å². The first kappa shape index (κ1) is 13.8. The van der Waals surface area contributed by atoms with E-state index in [1.807, 2.05) is 6.92 Å². The molecule has 96 valence electrons. The SMILES string of the molecule is CCCOc1ccc(NS(=O)(=O)CCN)cc1. The number of ether oxygens (including phenoxy) is 1. The summed E-state index contributed by atoms with van der Waals surface area (Å²) in [6, 6.07) is 6.80. The van der Waals surface area contributed by atoms with Crippen molar-refractivity contribution in [3.8, 4) is 5.75 Å². The van der Waals surface area contributed by atoms with Gasteiger partial charge in [-0.2, -0.15) is 0 Å². The lowest BCUT2D eigenvalue weighted by Crippen LogP contribution is -2.22. The minimum absolute atomic E-state index is 0.0823. The van der Waals surface area contributed by atoms with Crippen molar-refractivity contribution in [2.75, 3.05) is 23.6 Å². The molecular weight excluding hydrogens is 240 g/mol. The molecule has 0 amide bonds. The van der Waals surface area contributed by atoms with Gasteiger partial charge in [-0.25, -0.2) is 8.42 Å². The van der Waals surface area contributed by atoms with Crippen molar-refractivity contribution in [1.29, 1.82) is 0 Å². The second-order valence-electron chi connectivity index (χ2n) is 3.58. The van der Waals surface area contributed by atoms with E-state index in [0.29, 0.717) is 12.3 Å². The fraction of sp³-hybridized carbons (Fsp3) is 0.455. The van der Waals surface area contributed by atoms with Crippen LogP contribution in [0.25, 0.3) is 0 Å². The van der Waals surface area contributed by atoms with Crippen LogP contribution in [-0.4, -0.2) is 27.3 Å². The maximum atomic E-state index is 11.4. The lowest BCUT2D eigenvalue weighted by molar-refractivity contribution is 0.317. The Balaban J connectivity index is 2.62. The first-order valence-corrected chi connectivity index (χ1v) is 7.16. The summed E-state index contributed by atoms with van der Waals surface area (Å²) < 4.78 is 30.7. The zero-order valence-corrected chi connectivity index (χ0v) is 10.7. The van der Waals surface area contributed by atoms with E-state index >= 15 is 0 Å². The van der Waals surface area contributed by atoms with Crippen LogP contribution in [0.1, 0.15) is 13.3 Å². The molecule has 0 saturated heterocycles.